The fourth-order valence-corrected chi connectivity index (χ4v) is 2.51. The topological polar surface area (TPSA) is 21.3 Å². The molecule has 0 aliphatic rings. The van der Waals surface area contributed by atoms with Crippen molar-refractivity contribution in [1.82, 2.24) is 5.32 Å². The monoisotopic (exact) mass is 309 g/mol. The van der Waals surface area contributed by atoms with Gasteiger partial charge in [0.05, 0.1) is 7.11 Å². The highest BCUT2D eigenvalue weighted by Crippen LogP contribution is 2.30. The van der Waals surface area contributed by atoms with Gasteiger partial charge in [-0.1, -0.05) is 35.3 Å². The summed E-state index contributed by atoms with van der Waals surface area (Å²) in [5.74, 6) is 0.836. The molecular formula is C16H17Cl2NO. The van der Waals surface area contributed by atoms with E-state index in [1.165, 1.54) is 5.56 Å². The Kier molecular flexibility index (Phi) is 5.30. The molecule has 1 N–H and O–H groups in total. The van der Waals surface area contributed by atoms with Gasteiger partial charge in [-0.15, -0.1) is 0 Å². The summed E-state index contributed by atoms with van der Waals surface area (Å²) in [6.45, 7) is 0. The van der Waals surface area contributed by atoms with Crippen LogP contribution in [0.15, 0.2) is 42.5 Å². The molecule has 0 spiro atoms. The molecule has 106 valence electrons. The van der Waals surface area contributed by atoms with Gasteiger partial charge in [-0.25, -0.2) is 0 Å². The molecule has 2 rings (SSSR count). The summed E-state index contributed by atoms with van der Waals surface area (Å²) in [6.07, 6.45) is 0.838. The Labute approximate surface area is 129 Å². The molecular weight excluding hydrogens is 293 g/mol. The lowest BCUT2D eigenvalue weighted by Gasteiger charge is -2.20. The Morgan fingerprint density at radius 3 is 2.30 bits per heavy atom. The third-order valence-electron chi connectivity index (χ3n) is 3.27. The van der Waals surface area contributed by atoms with E-state index in [1.807, 2.05) is 49.5 Å². The van der Waals surface area contributed by atoms with Crippen molar-refractivity contribution in [3.05, 3.63) is 63.6 Å². The number of methoxy groups -OCH3 is 1. The predicted octanol–water partition coefficient (Wildman–Crippen LogP) is 4.51. The fraction of sp³-hybridized carbons (Fsp3) is 0.250. The molecule has 0 radical (unpaired) electrons. The van der Waals surface area contributed by atoms with Crippen molar-refractivity contribution in [2.24, 2.45) is 0 Å². The molecule has 0 aromatic heterocycles. The summed E-state index contributed by atoms with van der Waals surface area (Å²) in [4.78, 5) is 0. The van der Waals surface area contributed by atoms with Crippen molar-refractivity contribution in [2.45, 2.75) is 12.5 Å². The van der Waals surface area contributed by atoms with E-state index in [9.17, 15) is 0 Å². The van der Waals surface area contributed by atoms with Gasteiger partial charge in [-0.2, -0.15) is 0 Å². The normalized spacial score (nSPS) is 12.2. The number of halogens is 2. The Bertz CT molecular complexity index is 569. The maximum absolute atomic E-state index is 6.10. The summed E-state index contributed by atoms with van der Waals surface area (Å²) in [6, 6.07) is 13.7. The Morgan fingerprint density at radius 2 is 1.70 bits per heavy atom. The minimum atomic E-state index is 0.129. The van der Waals surface area contributed by atoms with Crippen LogP contribution in [0, 0.1) is 0 Å². The van der Waals surface area contributed by atoms with Crippen molar-refractivity contribution < 1.29 is 4.74 Å². The van der Waals surface area contributed by atoms with E-state index < -0.39 is 0 Å². The van der Waals surface area contributed by atoms with E-state index in [-0.39, 0.29) is 6.04 Å². The van der Waals surface area contributed by atoms with Gasteiger partial charge >= 0.3 is 0 Å². The van der Waals surface area contributed by atoms with Gasteiger partial charge in [0.2, 0.25) is 0 Å². The van der Waals surface area contributed by atoms with Crippen LogP contribution in [0.1, 0.15) is 17.2 Å². The van der Waals surface area contributed by atoms with Gasteiger partial charge in [0.25, 0.3) is 0 Å². The van der Waals surface area contributed by atoms with E-state index in [1.54, 1.807) is 7.11 Å². The van der Waals surface area contributed by atoms with Crippen LogP contribution in [0.5, 0.6) is 5.75 Å². The van der Waals surface area contributed by atoms with Crippen LogP contribution in [-0.4, -0.2) is 14.2 Å². The molecule has 4 heteroatoms. The van der Waals surface area contributed by atoms with E-state index in [4.69, 9.17) is 27.9 Å². The van der Waals surface area contributed by atoms with Gasteiger partial charge < -0.3 is 10.1 Å². The first-order valence-electron chi connectivity index (χ1n) is 6.39. The van der Waals surface area contributed by atoms with Gasteiger partial charge in [-0.3, -0.25) is 0 Å². The van der Waals surface area contributed by atoms with Crippen molar-refractivity contribution in [2.75, 3.05) is 14.2 Å². The molecule has 0 fully saturated rings. The van der Waals surface area contributed by atoms with Crippen LogP contribution in [-0.2, 0) is 6.42 Å². The Balaban J connectivity index is 2.28. The molecule has 2 aromatic rings. The van der Waals surface area contributed by atoms with Crippen molar-refractivity contribution in [3.8, 4) is 5.75 Å². The molecule has 0 aliphatic heterocycles. The number of rotatable bonds is 5. The van der Waals surface area contributed by atoms with Crippen LogP contribution >= 0.6 is 23.2 Å². The van der Waals surface area contributed by atoms with E-state index in [0.29, 0.717) is 5.02 Å². The molecule has 0 amide bonds. The van der Waals surface area contributed by atoms with Gasteiger partial charge in [0.1, 0.15) is 5.75 Å². The molecule has 0 saturated carbocycles. The number of hydrogen-bond acceptors (Lipinski definition) is 2. The lowest BCUT2D eigenvalue weighted by atomic mass is 9.98. The highest BCUT2D eigenvalue weighted by molar-refractivity contribution is 6.30. The SMILES string of the molecule is CNC(Cc1ccc(Cl)cc1)c1cc(Cl)ccc1OC. The second-order valence-electron chi connectivity index (χ2n) is 4.56. The van der Waals surface area contributed by atoms with Gasteiger partial charge in [-0.05, 0) is 49.4 Å². The van der Waals surface area contributed by atoms with E-state index in [0.717, 1.165) is 22.8 Å². The molecule has 0 saturated heterocycles. The molecule has 2 nitrogen and oxygen atoms in total. The molecule has 2 aromatic carbocycles. The van der Waals surface area contributed by atoms with Crippen molar-refractivity contribution in [3.63, 3.8) is 0 Å². The Morgan fingerprint density at radius 1 is 1.05 bits per heavy atom. The van der Waals surface area contributed by atoms with Crippen molar-refractivity contribution in [1.29, 1.82) is 0 Å². The molecule has 1 atom stereocenters. The molecule has 0 aliphatic carbocycles. The number of nitrogens with one attached hydrogen (secondary N) is 1. The van der Waals surface area contributed by atoms with E-state index in [2.05, 4.69) is 5.32 Å². The first kappa shape index (κ1) is 15.2. The number of hydrogen-bond donors (Lipinski definition) is 1. The van der Waals surface area contributed by atoms with Gasteiger partial charge in [0.15, 0.2) is 0 Å². The standard InChI is InChI=1S/C16H17Cl2NO/c1-19-15(9-11-3-5-12(17)6-4-11)14-10-13(18)7-8-16(14)20-2/h3-8,10,15,19H,9H2,1-2H3. The first-order chi connectivity index (χ1) is 9.63. The number of benzene rings is 2. The molecule has 20 heavy (non-hydrogen) atoms. The predicted molar refractivity (Wildman–Crippen MR) is 85.0 cm³/mol. The summed E-state index contributed by atoms with van der Waals surface area (Å²) in [5, 5.41) is 4.76. The fourth-order valence-electron chi connectivity index (χ4n) is 2.20. The van der Waals surface area contributed by atoms with Gasteiger partial charge in [0, 0.05) is 21.7 Å². The Hall–Kier alpha value is -1.22. The second kappa shape index (κ2) is 6.98. The zero-order valence-corrected chi connectivity index (χ0v) is 13.0. The van der Waals surface area contributed by atoms with Crippen molar-refractivity contribution >= 4 is 23.2 Å². The summed E-state index contributed by atoms with van der Waals surface area (Å²) < 4.78 is 5.42. The quantitative estimate of drug-likeness (QED) is 0.877. The number of ether oxygens (including phenoxy) is 1. The first-order valence-corrected chi connectivity index (χ1v) is 7.14. The van der Waals surface area contributed by atoms with E-state index >= 15 is 0 Å². The summed E-state index contributed by atoms with van der Waals surface area (Å²) in [7, 11) is 3.60. The highest BCUT2D eigenvalue weighted by Gasteiger charge is 2.15. The second-order valence-corrected chi connectivity index (χ2v) is 5.43. The zero-order valence-electron chi connectivity index (χ0n) is 11.5. The van der Waals surface area contributed by atoms with Crippen LogP contribution in [0.2, 0.25) is 10.0 Å². The number of likely N-dealkylation sites (N-methyl/N-ethyl adjacent to an activating group) is 1. The highest BCUT2D eigenvalue weighted by atomic mass is 35.5. The van der Waals surface area contributed by atoms with Crippen LogP contribution in [0.4, 0.5) is 0 Å². The average molecular weight is 310 g/mol. The largest absolute Gasteiger partial charge is 0.496 e. The average Bonchev–Trinajstić information content (AvgIpc) is 2.46. The summed E-state index contributed by atoms with van der Waals surface area (Å²) >= 11 is 12.0. The van der Waals surface area contributed by atoms with Crippen LogP contribution in [0.3, 0.4) is 0 Å². The maximum atomic E-state index is 6.10. The minimum absolute atomic E-state index is 0.129. The third kappa shape index (κ3) is 3.66. The summed E-state index contributed by atoms with van der Waals surface area (Å²) in [5.41, 5.74) is 2.26. The molecule has 0 heterocycles. The third-order valence-corrected chi connectivity index (χ3v) is 3.76. The lowest BCUT2D eigenvalue weighted by molar-refractivity contribution is 0.401. The van der Waals surface area contributed by atoms with Crippen LogP contribution in [0.25, 0.3) is 0 Å². The lowest BCUT2D eigenvalue weighted by Crippen LogP contribution is -2.19. The minimum Gasteiger partial charge on any atom is -0.496 e. The van der Waals surface area contributed by atoms with Crippen LogP contribution < -0.4 is 10.1 Å². The molecule has 0 bridgehead atoms. The zero-order chi connectivity index (χ0) is 14.5. The molecule has 1 unspecified atom stereocenters. The smallest absolute Gasteiger partial charge is 0.123 e. The maximum Gasteiger partial charge on any atom is 0.123 e.